The van der Waals surface area contributed by atoms with E-state index in [4.69, 9.17) is 0 Å². The van der Waals surface area contributed by atoms with Gasteiger partial charge in [-0.15, -0.1) is 0 Å². The normalized spacial score (nSPS) is 13.7. The van der Waals surface area contributed by atoms with Crippen LogP contribution in [0.25, 0.3) is 0 Å². The molecule has 0 bridgehead atoms. The van der Waals surface area contributed by atoms with Gasteiger partial charge >= 0.3 is 0 Å². The summed E-state index contributed by atoms with van der Waals surface area (Å²) in [5.74, 6) is 0. The SMILES string of the molecule is C=C/C(C(=C)/C=C\CCC)=C(\C=C/C)/C=C/C=C/NC/C=C\C. The minimum absolute atomic E-state index is 0.843. The first-order valence-electron chi connectivity index (χ1n) is 8.24. The molecule has 0 heterocycles. The third-order valence-corrected chi connectivity index (χ3v) is 3.05. The molecule has 0 aromatic rings. The van der Waals surface area contributed by atoms with Gasteiger partial charge in [-0.05, 0) is 49.3 Å². The second kappa shape index (κ2) is 14.6. The Morgan fingerprint density at radius 2 is 1.78 bits per heavy atom. The Bertz CT molecular complexity index is 522. The van der Waals surface area contributed by atoms with Gasteiger partial charge in [0.05, 0.1) is 0 Å². The molecule has 0 aliphatic carbocycles. The van der Waals surface area contributed by atoms with E-state index in [1.807, 2.05) is 50.4 Å². The summed E-state index contributed by atoms with van der Waals surface area (Å²) in [6.45, 7) is 15.1. The van der Waals surface area contributed by atoms with Crippen LogP contribution in [0, 0.1) is 0 Å². The first-order valence-corrected chi connectivity index (χ1v) is 8.24. The van der Waals surface area contributed by atoms with Crippen LogP contribution in [-0.2, 0) is 0 Å². The van der Waals surface area contributed by atoms with Crippen molar-refractivity contribution in [2.24, 2.45) is 0 Å². The minimum Gasteiger partial charge on any atom is -0.387 e. The van der Waals surface area contributed by atoms with Crippen LogP contribution in [0.5, 0.6) is 0 Å². The van der Waals surface area contributed by atoms with Gasteiger partial charge in [0.2, 0.25) is 0 Å². The lowest BCUT2D eigenvalue weighted by Crippen LogP contribution is -2.02. The summed E-state index contributed by atoms with van der Waals surface area (Å²) in [5.41, 5.74) is 3.15. The second-order valence-electron chi connectivity index (χ2n) is 4.98. The van der Waals surface area contributed by atoms with Crippen molar-refractivity contribution in [1.29, 1.82) is 0 Å². The largest absolute Gasteiger partial charge is 0.387 e. The molecule has 0 atom stereocenters. The molecule has 0 aromatic heterocycles. The van der Waals surface area contributed by atoms with E-state index < -0.39 is 0 Å². The van der Waals surface area contributed by atoms with Gasteiger partial charge in [0.1, 0.15) is 0 Å². The molecule has 0 amide bonds. The molecule has 1 heteroatoms. The zero-order chi connectivity index (χ0) is 17.3. The number of hydrogen-bond donors (Lipinski definition) is 1. The van der Waals surface area contributed by atoms with Crippen molar-refractivity contribution in [2.45, 2.75) is 33.6 Å². The molecule has 0 aliphatic rings. The van der Waals surface area contributed by atoms with Crippen molar-refractivity contribution in [3.63, 3.8) is 0 Å². The average Bonchev–Trinajstić information content (AvgIpc) is 2.55. The lowest BCUT2D eigenvalue weighted by molar-refractivity contribution is 0.958. The lowest BCUT2D eigenvalue weighted by Gasteiger charge is -2.06. The fraction of sp³-hybridized carbons (Fsp3) is 0.273. The van der Waals surface area contributed by atoms with Gasteiger partial charge in [0.25, 0.3) is 0 Å². The molecule has 0 rings (SSSR count). The molecule has 124 valence electrons. The molecule has 1 N–H and O–H groups in total. The Balaban J connectivity index is 5.07. The van der Waals surface area contributed by atoms with E-state index >= 15 is 0 Å². The number of unbranched alkanes of at least 4 members (excludes halogenated alkanes) is 1. The molecule has 0 fully saturated rings. The molecule has 0 radical (unpaired) electrons. The van der Waals surface area contributed by atoms with Gasteiger partial charge in [-0.25, -0.2) is 0 Å². The Labute approximate surface area is 142 Å². The first-order chi connectivity index (χ1) is 11.2. The Morgan fingerprint density at radius 3 is 2.39 bits per heavy atom. The number of allylic oxidation sites excluding steroid dienone is 12. The van der Waals surface area contributed by atoms with Gasteiger partial charge in [-0.1, -0.05) is 81.2 Å². The van der Waals surface area contributed by atoms with Crippen LogP contribution in [-0.4, -0.2) is 6.54 Å². The molecule has 0 saturated carbocycles. The Kier molecular flexibility index (Phi) is 13.2. The highest BCUT2D eigenvalue weighted by molar-refractivity contribution is 5.53. The van der Waals surface area contributed by atoms with Gasteiger partial charge in [0, 0.05) is 6.54 Å². The third kappa shape index (κ3) is 10.1. The molecule has 0 aromatic carbocycles. The van der Waals surface area contributed by atoms with Crippen molar-refractivity contribution in [1.82, 2.24) is 5.32 Å². The fourth-order valence-corrected chi connectivity index (χ4v) is 1.87. The predicted molar refractivity (Wildman–Crippen MR) is 106 cm³/mol. The summed E-state index contributed by atoms with van der Waals surface area (Å²) in [4.78, 5) is 0. The zero-order valence-electron chi connectivity index (χ0n) is 14.9. The van der Waals surface area contributed by atoms with Gasteiger partial charge in [0.15, 0.2) is 0 Å². The molecule has 0 spiro atoms. The van der Waals surface area contributed by atoms with Crippen LogP contribution in [0.15, 0.2) is 96.8 Å². The van der Waals surface area contributed by atoms with Crippen molar-refractivity contribution >= 4 is 0 Å². The van der Waals surface area contributed by atoms with E-state index in [-0.39, 0.29) is 0 Å². The maximum Gasteiger partial charge on any atom is 0.0325 e. The molecule has 23 heavy (non-hydrogen) atoms. The van der Waals surface area contributed by atoms with E-state index in [1.54, 1.807) is 0 Å². The molecule has 0 saturated heterocycles. The van der Waals surface area contributed by atoms with Gasteiger partial charge < -0.3 is 5.32 Å². The van der Waals surface area contributed by atoms with Crippen LogP contribution < -0.4 is 5.32 Å². The van der Waals surface area contributed by atoms with Crippen molar-refractivity contribution in [3.05, 3.63) is 96.8 Å². The maximum atomic E-state index is 4.16. The van der Waals surface area contributed by atoms with Crippen LogP contribution >= 0.6 is 0 Å². The molecular formula is C22H31N. The highest BCUT2D eigenvalue weighted by Gasteiger charge is 2.00. The highest BCUT2D eigenvalue weighted by Crippen LogP contribution is 2.19. The van der Waals surface area contributed by atoms with Crippen LogP contribution in [0.3, 0.4) is 0 Å². The van der Waals surface area contributed by atoms with E-state index in [0.717, 1.165) is 36.1 Å². The van der Waals surface area contributed by atoms with Gasteiger partial charge in [-0.3, -0.25) is 0 Å². The smallest absolute Gasteiger partial charge is 0.0325 e. The maximum absolute atomic E-state index is 4.16. The molecule has 0 aliphatic heterocycles. The van der Waals surface area contributed by atoms with E-state index in [9.17, 15) is 0 Å². The van der Waals surface area contributed by atoms with Crippen LogP contribution in [0.2, 0.25) is 0 Å². The zero-order valence-corrected chi connectivity index (χ0v) is 14.9. The molecular weight excluding hydrogens is 278 g/mol. The summed E-state index contributed by atoms with van der Waals surface area (Å²) < 4.78 is 0. The third-order valence-electron chi connectivity index (χ3n) is 3.05. The first kappa shape index (κ1) is 20.7. The number of nitrogens with one attached hydrogen (secondary N) is 1. The fourth-order valence-electron chi connectivity index (χ4n) is 1.87. The average molecular weight is 309 g/mol. The van der Waals surface area contributed by atoms with Crippen molar-refractivity contribution in [2.75, 3.05) is 6.54 Å². The Hall–Kier alpha value is -2.28. The molecule has 0 unspecified atom stereocenters. The topological polar surface area (TPSA) is 12.0 Å². The Morgan fingerprint density at radius 1 is 1.00 bits per heavy atom. The van der Waals surface area contributed by atoms with Crippen LogP contribution in [0.4, 0.5) is 0 Å². The van der Waals surface area contributed by atoms with E-state index in [1.165, 1.54) is 0 Å². The van der Waals surface area contributed by atoms with Crippen molar-refractivity contribution in [3.8, 4) is 0 Å². The van der Waals surface area contributed by atoms with Gasteiger partial charge in [-0.2, -0.15) is 0 Å². The van der Waals surface area contributed by atoms with E-state index in [2.05, 4.69) is 55.8 Å². The quantitative estimate of drug-likeness (QED) is 0.272. The van der Waals surface area contributed by atoms with Crippen molar-refractivity contribution < 1.29 is 0 Å². The summed E-state index contributed by atoms with van der Waals surface area (Å²) in [5, 5.41) is 3.19. The minimum atomic E-state index is 0.843. The second-order valence-corrected chi connectivity index (χ2v) is 4.98. The van der Waals surface area contributed by atoms with E-state index in [0.29, 0.717) is 0 Å². The lowest BCUT2D eigenvalue weighted by atomic mass is 9.99. The monoisotopic (exact) mass is 309 g/mol. The predicted octanol–water partition coefficient (Wildman–Crippen LogP) is 6.19. The summed E-state index contributed by atoms with van der Waals surface area (Å²) in [6, 6.07) is 0. The summed E-state index contributed by atoms with van der Waals surface area (Å²) in [6.07, 6.45) is 24.5. The molecule has 1 nitrogen and oxygen atoms in total. The van der Waals surface area contributed by atoms with Crippen LogP contribution in [0.1, 0.15) is 33.6 Å². The summed E-state index contributed by atoms with van der Waals surface area (Å²) >= 11 is 0. The summed E-state index contributed by atoms with van der Waals surface area (Å²) in [7, 11) is 0. The highest BCUT2D eigenvalue weighted by atomic mass is 14.8. The number of hydrogen-bond acceptors (Lipinski definition) is 1. The standard InChI is InChI=1S/C22H31N/c1-6-10-12-16-20(5)22(9-4)21(15-8-3)17-13-14-19-23-18-11-7-2/h7-9,11-17,19,23H,4-6,10,18H2,1-3H3/b11-7-,15-8-,16-12-,17-13+,19-14+,22-21-. The number of rotatable bonds is 11.